The summed E-state index contributed by atoms with van der Waals surface area (Å²) < 4.78 is 2.45. The van der Waals surface area contributed by atoms with Gasteiger partial charge in [-0.1, -0.05) is 24.3 Å². The molecule has 2 nitrogen and oxygen atoms in total. The average molecular weight is 256 g/mol. The van der Waals surface area contributed by atoms with Crippen LogP contribution in [0.5, 0.6) is 0 Å². The molecule has 0 radical (unpaired) electrons. The van der Waals surface area contributed by atoms with Crippen molar-refractivity contribution in [2.45, 2.75) is 12.8 Å². The van der Waals surface area contributed by atoms with E-state index in [4.69, 9.17) is 5.11 Å². The van der Waals surface area contributed by atoms with Crippen LogP contribution in [0.1, 0.15) is 18.4 Å². The predicted molar refractivity (Wildman–Crippen MR) is 75.4 cm³/mol. The van der Waals surface area contributed by atoms with Crippen molar-refractivity contribution in [3.05, 3.63) is 48.0 Å². The summed E-state index contributed by atoms with van der Waals surface area (Å²) in [6, 6.07) is 14.2. The van der Waals surface area contributed by atoms with Crippen LogP contribution < -0.4 is 0 Å². The van der Waals surface area contributed by atoms with E-state index in [1.807, 2.05) is 30.3 Å². The van der Waals surface area contributed by atoms with Crippen LogP contribution >= 0.6 is 11.3 Å². The molecular weight excluding hydrogens is 244 g/mol. The summed E-state index contributed by atoms with van der Waals surface area (Å²) in [6.45, 7) is 1.72. The summed E-state index contributed by atoms with van der Waals surface area (Å²) in [7, 11) is 0. The standard InChI is InChI=1S/C15H12O2S/c1-9(15(16)17)10-6-7-14-12(8-10)11-4-2-3-5-13(11)18-14/h2-9H,1H3,(H,16,17). The maximum atomic E-state index is 11.0. The first kappa shape index (κ1) is 11.2. The Labute approximate surface area is 108 Å². The van der Waals surface area contributed by atoms with Crippen molar-refractivity contribution in [1.82, 2.24) is 0 Å². The second kappa shape index (κ2) is 4.10. The van der Waals surface area contributed by atoms with Crippen molar-refractivity contribution < 1.29 is 9.90 Å². The maximum Gasteiger partial charge on any atom is 0.310 e. The van der Waals surface area contributed by atoms with Gasteiger partial charge in [0.15, 0.2) is 0 Å². The van der Waals surface area contributed by atoms with Crippen molar-refractivity contribution in [3.63, 3.8) is 0 Å². The highest BCUT2D eigenvalue weighted by atomic mass is 32.1. The van der Waals surface area contributed by atoms with E-state index in [2.05, 4.69) is 12.1 Å². The maximum absolute atomic E-state index is 11.0. The number of fused-ring (bicyclic) bond motifs is 3. The normalized spacial score (nSPS) is 12.9. The molecule has 2 aromatic carbocycles. The van der Waals surface area contributed by atoms with Crippen molar-refractivity contribution >= 4 is 37.5 Å². The Kier molecular flexibility index (Phi) is 2.56. The van der Waals surface area contributed by atoms with Gasteiger partial charge in [0.25, 0.3) is 0 Å². The van der Waals surface area contributed by atoms with Crippen LogP contribution in [0, 0.1) is 0 Å². The zero-order chi connectivity index (χ0) is 12.7. The number of aliphatic carboxylic acids is 1. The molecule has 0 bridgehead atoms. The lowest BCUT2D eigenvalue weighted by Crippen LogP contribution is -2.06. The van der Waals surface area contributed by atoms with E-state index in [0.29, 0.717) is 0 Å². The summed E-state index contributed by atoms with van der Waals surface area (Å²) in [5.74, 6) is -1.25. The summed E-state index contributed by atoms with van der Waals surface area (Å²) >= 11 is 1.74. The fourth-order valence-corrected chi connectivity index (χ4v) is 3.24. The van der Waals surface area contributed by atoms with E-state index in [0.717, 1.165) is 10.9 Å². The smallest absolute Gasteiger partial charge is 0.310 e. The Balaban J connectivity index is 2.27. The molecule has 0 spiro atoms. The summed E-state index contributed by atoms with van der Waals surface area (Å²) in [5, 5.41) is 11.4. The zero-order valence-electron chi connectivity index (χ0n) is 9.88. The third-order valence-electron chi connectivity index (χ3n) is 3.27. The van der Waals surface area contributed by atoms with Crippen molar-refractivity contribution in [1.29, 1.82) is 0 Å². The van der Waals surface area contributed by atoms with Gasteiger partial charge < -0.3 is 5.11 Å². The molecule has 0 saturated heterocycles. The number of carboxylic acids is 1. The molecule has 0 aliphatic heterocycles. The molecule has 1 heterocycles. The first-order valence-corrected chi connectivity index (χ1v) is 6.62. The van der Waals surface area contributed by atoms with Crippen LogP contribution in [0.2, 0.25) is 0 Å². The topological polar surface area (TPSA) is 37.3 Å². The Morgan fingerprint density at radius 3 is 2.61 bits per heavy atom. The second-order valence-electron chi connectivity index (χ2n) is 4.41. The predicted octanol–water partition coefficient (Wildman–Crippen LogP) is 4.24. The summed E-state index contributed by atoms with van der Waals surface area (Å²) in [5.41, 5.74) is 0.860. The molecule has 0 aliphatic carbocycles. The molecule has 3 heteroatoms. The highest BCUT2D eigenvalue weighted by molar-refractivity contribution is 7.25. The van der Waals surface area contributed by atoms with E-state index >= 15 is 0 Å². The number of benzene rings is 2. The number of rotatable bonds is 2. The molecule has 1 atom stereocenters. The first-order valence-electron chi connectivity index (χ1n) is 5.81. The van der Waals surface area contributed by atoms with Gasteiger partial charge in [-0.25, -0.2) is 0 Å². The van der Waals surface area contributed by atoms with E-state index in [1.54, 1.807) is 18.3 Å². The Morgan fingerprint density at radius 2 is 1.83 bits per heavy atom. The van der Waals surface area contributed by atoms with E-state index in [9.17, 15) is 4.79 Å². The largest absolute Gasteiger partial charge is 0.481 e. The van der Waals surface area contributed by atoms with Gasteiger partial charge in [-0.05, 0) is 30.7 Å². The molecule has 0 amide bonds. The molecule has 1 aromatic heterocycles. The van der Waals surface area contributed by atoms with Crippen LogP contribution in [0.15, 0.2) is 42.5 Å². The van der Waals surface area contributed by atoms with Crippen molar-refractivity contribution in [3.8, 4) is 0 Å². The van der Waals surface area contributed by atoms with Gasteiger partial charge >= 0.3 is 5.97 Å². The fraction of sp³-hybridized carbons (Fsp3) is 0.133. The quantitative estimate of drug-likeness (QED) is 0.744. The van der Waals surface area contributed by atoms with E-state index in [1.165, 1.54) is 14.8 Å². The van der Waals surface area contributed by atoms with Crippen LogP contribution in [0.25, 0.3) is 20.2 Å². The molecule has 18 heavy (non-hydrogen) atoms. The lowest BCUT2D eigenvalue weighted by atomic mass is 9.99. The van der Waals surface area contributed by atoms with Crippen molar-refractivity contribution in [2.75, 3.05) is 0 Å². The van der Waals surface area contributed by atoms with E-state index in [-0.39, 0.29) is 0 Å². The van der Waals surface area contributed by atoms with Gasteiger partial charge in [0.2, 0.25) is 0 Å². The van der Waals surface area contributed by atoms with Crippen LogP contribution in [0.3, 0.4) is 0 Å². The molecule has 0 fully saturated rings. The lowest BCUT2D eigenvalue weighted by molar-refractivity contribution is -0.138. The summed E-state index contributed by atoms with van der Waals surface area (Å²) in [6.07, 6.45) is 0. The third-order valence-corrected chi connectivity index (χ3v) is 4.42. The minimum Gasteiger partial charge on any atom is -0.481 e. The van der Waals surface area contributed by atoms with Crippen molar-refractivity contribution in [2.24, 2.45) is 0 Å². The second-order valence-corrected chi connectivity index (χ2v) is 5.50. The van der Waals surface area contributed by atoms with Gasteiger partial charge in [-0.15, -0.1) is 11.3 Å². The monoisotopic (exact) mass is 256 g/mol. The van der Waals surface area contributed by atoms with Crippen LogP contribution in [-0.2, 0) is 4.79 Å². The molecule has 3 rings (SSSR count). The van der Waals surface area contributed by atoms with Gasteiger partial charge in [-0.2, -0.15) is 0 Å². The van der Waals surface area contributed by atoms with Gasteiger partial charge in [0.1, 0.15) is 0 Å². The fourth-order valence-electron chi connectivity index (χ4n) is 2.16. The average Bonchev–Trinajstić information content (AvgIpc) is 2.75. The summed E-state index contributed by atoms with van der Waals surface area (Å²) in [4.78, 5) is 11.0. The minimum atomic E-state index is -0.783. The number of thiophene rings is 1. The Morgan fingerprint density at radius 1 is 1.11 bits per heavy atom. The first-order chi connectivity index (χ1) is 8.66. The molecular formula is C15H12O2S. The number of hydrogen-bond acceptors (Lipinski definition) is 2. The highest BCUT2D eigenvalue weighted by Crippen LogP contribution is 2.35. The molecule has 1 N–H and O–H groups in total. The highest BCUT2D eigenvalue weighted by Gasteiger charge is 2.15. The number of hydrogen-bond donors (Lipinski definition) is 1. The van der Waals surface area contributed by atoms with Gasteiger partial charge in [-0.3, -0.25) is 4.79 Å². The molecule has 90 valence electrons. The van der Waals surface area contributed by atoms with Gasteiger partial charge in [0, 0.05) is 20.2 Å². The lowest BCUT2D eigenvalue weighted by Gasteiger charge is -2.06. The van der Waals surface area contributed by atoms with Crippen LogP contribution in [0.4, 0.5) is 0 Å². The minimum absolute atomic E-state index is 0.465. The Bertz CT molecular complexity index is 742. The zero-order valence-corrected chi connectivity index (χ0v) is 10.7. The molecule has 0 aliphatic rings. The number of carbonyl (C=O) groups is 1. The Hall–Kier alpha value is -1.87. The van der Waals surface area contributed by atoms with Crippen LogP contribution in [-0.4, -0.2) is 11.1 Å². The molecule has 1 unspecified atom stereocenters. The molecule has 0 saturated carbocycles. The van der Waals surface area contributed by atoms with Gasteiger partial charge in [0.05, 0.1) is 5.92 Å². The van der Waals surface area contributed by atoms with E-state index < -0.39 is 11.9 Å². The number of carboxylic acid groups (broad SMARTS) is 1. The third kappa shape index (κ3) is 1.68. The molecule has 3 aromatic rings. The SMILES string of the molecule is CC(C(=O)O)c1ccc2sc3ccccc3c2c1.